The van der Waals surface area contributed by atoms with Crippen molar-refractivity contribution >= 4 is 39.1 Å². The summed E-state index contributed by atoms with van der Waals surface area (Å²) >= 11 is 6.32. The molecule has 10 heteroatoms. The van der Waals surface area contributed by atoms with Crippen molar-refractivity contribution in [3.63, 3.8) is 0 Å². The summed E-state index contributed by atoms with van der Waals surface area (Å²) in [5.41, 5.74) is 2.54. The van der Waals surface area contributed by atoms with E-state index in [0.717, 1.165) is 15.4 Å². The van der Waals surface area contributed by atoms with Crippen molar-refractivity contribution < 1.29 is 22.7 Å². The van der Waals surface area contributed by atoms with Gasteiger partial charge in [0.05, 0.1) is 17.7 Å². The molecule has 4 rings (SSSR count). The van der Waals surface area contributed by atoms with Crippen LogP contribution in [0, 0.1) is 12.8 Å². The van der Waals surface area contributed by atoms with Crippen LogP contribution in [0.25, 0.3) is 0 Å². The van der Waals surface area contributed by atoms with Gasteiger partial charge in [0.15, 0.2) is 0 Å². The lowest BCUT2D eigenvalue weighted by Crippen LogP contribution is -2.53. The van der Waals surface area contributed by atoms with Gasteiger partial charge in [-0.2, -0.15) is 0 Å². The predicted molar refractivity (Wildman–Crippen MR) is 182 cm³/mol. The number of carbonyl (C=O) groups excluding carboxylic acids is 2. The number of sulfonamides is 1. The molecule has 0 aromatic heterocycles. The maximum atomic E-state index is 14.6. The van der Waals surface area contributed by atoms with E-state index in [1.165, 1.54) is 24.1 Å². The Morgan fingerprint density at radius 2 is 1.52 bits per heavy atom. The molecular weight excluding hydrogens is 622 g/mol. The van der Waals surface area contributed by atoms with Crippen LogP contribution < -0.4 is 14.4 Å². The third-order valence-electron chi connectivity index (χ3n) is 7.41. The average Bonchev–Trinajstić information content (AvgIpc) is 3.04. The zero-order valence-electron chi connectivity index (χ0n) is 26.5. The zero-order chi connectivity index (χ0) is 33.3. The van der Waals surface area contributed by atoms with Crippen LogP contribution in [0.4, 0.5) is 5.69 Å². The molecule has 1 atom stereocenters. The molecule has 0 saturated carbocycles. The van der Waals surface area contributed by atoms with Gasteiger partial charge in [-0.1, -0.05) is 92.2 Å². The maximum Gasteiger partial charge on any atom is 0.264 e. The van der Waals surface area contributed by atoms with Crippen molar-refractivity contribution in [1.82, 2.24) is 10.2 Å². The fourth-order valence-electron chi connectivity index (χ4n) is 5.04. The summed E-state index contributed by atoms with van der Waals surface area (Å²) in [4.78, 5) is 30.0. The summed E-state index contributed by atoms with van der Waals surface area (Å²) in [6, 6.07) is 28.6. The molecule has 0 aliphatic heterocycles. The highest BCUT2D eigenvalue weighted by Gasteiger charge is 2.35. The van der Waals surface area contributed by atoms with E-state index in [9.17, 15) is 18.0 Å². The van der Waals surface area contributed by atoms with Crippen molar-refractivity contribution in [3.05, 3.63) is 125 Å². The van der Waals surface area contributed by atoms with Crippen LogP contribution in [-0.2, 0) is 32.6 Å². The standard InChI is InChI=1S/C36H40ClN3O5S/c1-26(2)23-38-36(42)33(22-28-12-7-5-8-13-28)39(24-29-14-11-15-30(37)21-29)35(41)25-40(32-20-27(3)18-19-34(32)45-4)46(43,44)31-16-9-6-10-17-31/h5-21,26,33H,22-25H2,1-4H3,(H,38,42)/t33-/m1/s1. The number of rotatable bonds is 14. The van der Waals surface area contributed by atoms with Crippen LogP contribution in [0.15, 0.2) is 108 Å². The fourth-order valence-corrected chi connectivity index (χ4v) is 6.69. The Balaban J connectivity index is 1.84. The molecule has 46 heavy (non-hydrogen) atoms. The number of halogens is 1. The van der Waals surface area contributed by atoms with Gasteiger partial charge < -0.3 is 15.0 Å². The van der Waals surface area contributed by atoms with E-state index in [0.29, 0.717) is 17.1 Å². The molecule has 2 amide bonds. The zero-order valence-corrected chi connectivity index (χ0v) is 28.1. The number of methoxy groups -OCH3 is 1. The van der Waals surface area contributed by atoms with Crippen LogP contribution in [0.3, 0.4) is 0 Å². The van der Waals surface area contributed by atoms with E-state index >= 15 is 0 Å². The van der Waals surface area contributed by atoms with Gasteiger partial charge in [0.25, 0.3) is 10.0 Å². The van der Waals surface area contributed by atoms with Gasteiger partial charge in [-0.15, -0.1) is 0 Å². The van der Waals surface area contributed by atoms with Gasteiger partial charge in [0.2, 0.25) is 11.8 Å². The molecule has 0 aliphatic carbocycles. The number of carbonyl (C=O) groups is 2. The molecule has 0 unspecified atom stereocenters. The smallest absolute Gasteiger partial charge is 0.264 e. The minimum absolute atomic E-state index is 0.0169. The summed E-state index contributed by atoms with van der Waals surface area (Å²) in [5, 5.41) is 3.47. The van der Waals surface area contributed by atoms with E-state index in [-0.39, 0.29) is 41.1 Å². The first kappa shape index (κ1) is 34.5. The molecule has 1 N–H and O–H groups in total. The normalized spacial score (nSPS) is 12.0. The van der Waals surface area contributed by atoms with Gasteiger partial charge in [-0.3, -0.25) is 13.9 Å². The number of nitrogens with one attached hydrogen (secondary N) is 1. The average molecular weight is 662 g/mol. The Kier molecular flexibility index (Phi) is 11.8. The van der Waals surface area contributed by atoms with Crippen molar-refractivity contribution in [3.8, 4) is 5.75 Å². The fraction of sp³-hybridized carbons (Fsp3) is 0.278. The Morgan fingerprint density at radius 3 is 2.15 bits per heavy atom. The molecule has 4 aromatic rings. The van der Waals surface area contributed by atoms with Gasteiger partial charge in [-0.25, -0.2) is 8.42 Å². The van der Waals surface area contributed by atoms with E-state index in [1.807, 2.05) is 57.2 Å². The SMILES string of the molecule is COc1ccc(C)cc1N(CC(=O)N(Cc1cccc(Cl)c1)[C@H](Cc1ccccc1)C(=O)NCC(C)C)S(=O)(=O)c1ccccc1. The highest BCUT2D eigenvalue weighted by atomic mass is 35.5. The van der Waals surface area contributed by atoms with Crippen molar-refractivity contribution in [1.29, 1.82) is 0 Å². The van der Waals surface area contributed by atoms with Crippen molar-refractivity contribution in [2.24, 2.45) is 5.92 Å². The highest BCUT2D eigenvalue weighted by Crippen LogP contribution is 2.34. The Morgan fingerprint density at radius 1 is 0.870 bits per heavy atom. The molecule has 4 aromatic carbocycles. The second-order valence-corrected chi connectivity index (χ2v) is 13.8. The lowest BCUT2D eigenvalue weighted by molar-refractivity contribution is -0.140. The number of amides is 2. The largest absolute Gasteiger partial charge is 0.495 e. The van der Waals surface area contributed by atoms with Crippen molar-refractivity contribution in [2.45, 2.75) is 44.7 Å². The van der Waals surface area contributed by atoms with Crippen molar-refractivity contribution in [2.75, 3.05) is 24.5 Å². The molecule has 0 bridgehead atoms. The minimum atomic E-state index is -4.25. The Labute approximate surface area is 277 Å². The summed E-state index contributed by atoms with van der Waals surface area (Å²) in [7, 11) is -2.81. The number of aryl methyl sites for hydroxylation is 1. The van der Waals surface area contributed by atoms with Gasteiger partial charge in [0, 0.05) is 24.5 Å². The first-order valence-electron chi connectivity index (χ1n) is 15.1. The van der Waals surface area contributed by atoms with Crippen LogP contribution in [0.2, 0.25) is 5.02 Å². The van der Waals surface area contributed by atoms with Crippen LogP contribution >= 0.6 is 11.6 Å². The molecule has 0 aliphatic rings. The number of nitrogens with zero attached hydrogens (tertiary/aromatic N) is 2. The van der Waals surface area contributed by atoms with Gasteiger partial charge in [-0.05, 0) is 65.9 Å². The highest BCUT2D eigenvalue weighted by molar-refractivity contribution is 7.92. The van der Waals surface area contributed by atoms with Gasteiger partial charge >= 0.3 is 0 Å². The molecule has 8 nitrogen and oxygen atoms in total. The van der Waals surface area contributed by atoms with E-state index in [4.69, 9.17) is 16.3 Å². The van der Waals surface area contributed by atoms with E-state index in [1.54, 1.807) is 54.6 Å². The third-order valence-corrected chi connectivity index (χ3v) is 9.42. The minimum Gasteiger partial charge on any atom is -0.495 e. The molecule has 0 radical (unpaired) electrons. The molecular formula is C36H40ClN3O5S. The summed E-state index contributed by atoms with van der Waals surface area (Å²) in [5.74, 6) is -0.435. The molecule has 242 valence electrons. The number of hydrogen-bond donors (Lipinski definition) is 1. The summed E-state index contributed by atoms with van der Waals surface area (Å²) in [6.45, 7) is 5.67. The predicted octanol–water partition coefficient (Wildman–Crippen LogP) is 6.26. The van der Waals surface area contributed by atoms with E-state index in [2.05, 4.69) is 5.32 Å². The molecule has 0 spiro atoms. The molecule has 0 saturated heterocycles. The van der Waals surface area contributed by atoms with E-state index < -0.39 is 28.5 Å². The number of anilines is 1. The van der Waals surface area contributed by atoms with Crippen LogP contribution in [-0.4, -0.2) is 51.4 Å². The Bertz CT molecular complexity index is 1730. The number of benzene rings is 4. The summed E-state index contributed by atoms with van der Waals surface area (Å²) in [6.07, 6.45) is 0.219. The lowest BCUT2D eigenvalue weighted by Gasteiger charge is -2.34. The topological polar surface area (TPSA) is 96.0 Å². The quantitative estimate of drug-likeness (QED) is 0.172. The second kappa shape index (κ2) is 15.8. The first-order valence-corrected chi connectivity index (χ1v) is 16.9. The summed E-state index contributed by atoms with van der Waals surface area (Å²) < 4.78 is 35.1. The lowest BCUT2D eigenvalue weighted by atomic mass is 10.0. The monoisotopic (exact) mass is 661 g/mol. The Hall–Kier alpha value is -4.34. The number of ether oxygens (including phenoxy) is 1. The second-order valence-electron chi connectivity index (χ2n) is 11.5. The van der Waals surface area contributed by atoms with Crippen LogP contribution in [0.5, 0.6) is 5.75 Å². The van der Waals surface area contributed by atoms with Gasteiger partial charge in [0.1, 0.15) is 18.3 Å². The first-order chi connectivity index (χ1) is 22.0. The number of hydrogen-bond acceptors (Lipinski definition) is 5. The molecule has 0 fully saturated rings. The van der Waals surface area contributed by atoms with Crippen LogP contribution in [0.1, 0.15) is 30.5 Å². The molecule has 0 heterocycles. The maximum absolute atomic E-state index is 14.6. The third kappa shape index (κ3) is 8.89.